The summed E-state index contributed by atoms with van der Waals surface area (Å²) >= 11 is 0. The van der Waals surface area contributed by atoms with E-state index in [1.54, 1.807) is 6.92 Å². The van der Waals surface area contributed by atoms with Gasteiger partial charge in [-0.2, -0.15) is 0 Å². The Morgan fingerprint density at radius 1 is 1.31 bits per heavy atom. The van der Waals surface area contributed by atoms with E-state index in [4.69, 9.17) is 9.84 Å². The molecule has 0 saturated carbocycles. The van der Waals surface area contributed by atoms with Crippen molar-refractivity contribution in [1.29, 1.82) is 0 Å². The van der Waals surface area contributed by atoms with Gasteiger partial charge in [0.1, 0.15) is 17.6 Å². The van der Waals surface area contributed by atoms with Crippen molar-refractivity contribution in [3.8, 4) is 11.5 Å². The topological polar surface area (TPSA) is 38.7 Å². The normalized spacial score (nSPS) is 13.3. The van der Waals surface area contributed by atoms with Crippen LogP contribution in [0.4, 0.5) is 13.2 Å². The van der Waals surface area contributed by atoms with Crippen LogP contribution in [-0.4, -0.2) is 24.2 Å². The minimum Gasteiger partial charge on any atom is -0.488 e. The lowest BCUT2D eigenvalue weighted by Gasteiger charge is -2.13. The van der Waals surface area contributed by atoms with Gasteiger partial charge in [-0.3, -0.25) is 0 Å². The van der Waals surface area contributed by atoms with Crippen LogP contribution in [-0.2, 0) is 0 Å². The number of hydrogen-bond acceptors (Lipinski definition) is 3. The molecule has 0 heterocycles. The van der Waals surface area contributed by atoms with E-state index in [1.807, 2.05) is 0 Å². The van der Waals surface area contributed by atoms with Gasteiger partial charge in [-0.05, 0) is 19.1 Å². The quantitative estimate of drug-likeness (QED) is 0.872. The van der Waals surface area contributed by atoms with Crippen molar-refractivity contribution in [2.75, 3.05) is 6.61 Å². The average Bonchev–Trinajstić information content (AvgIpc) is 2.15. The van der Waals surface area contributed by atoms with E-state index >= 15 is 0 Å². The van der Waals surface area contributed by atoms with Gasteiger partial charge in [0.25, 0.3) is 0 Å². The maximum absolute atomic E-state index is 11.9. The van der Waals surface area contributed by atoms with Crippen LogP contribution >= 0.6 is 0 Å². The summed E-state index contributed by atoms with van der Waals surface area (Å²) in [5.74, 6) is -0.140. The molecular weight excluding hydrogens is 225 g/mol. The van der Waals surface area contributed by atoms with Gasteiger partial charge >= 0.3 is 6.36 Å². The van der Waals surface area contributed by atoms with Gasteiger partial charge < -0.3 is 14.6 Å². The highest BCUT2D eigenvalue weighted by Gasteiger charge is 2.31. The standard InChI is InChI=1S/C10H11F3O3/c1-7(6-14)15-8-3-2-4-9(5-8)16-10(11,12)13/h2-5,7,14H,6H2,1H3. The lowest BCUT2D eigenvalue weighted by Crippen LogP contribution is -2.18. The summed E-state index contributed by atoms with van der Waals surface area (Å²) in [5, 5.41) is 8.72. The molecule has 0 saturated heterocycles. The maximum Gasteiger partial charge on any atom is 0.573 e. The summed E-state index contributed by atoms with van der Waals surface area (Å²) in [5.41, 5.74) is 0. The second-order valence-corrected chi connectivity index (χ2v) is 3.13. The molecule has 16 heavy (non-hydrogen) atoms. The highest BCUT2D eigenvalue weighted by Crippen LogP contribution is 2.26. The van der Waals surface area contributed by atoms with E-state index in [0.29, 0.717) is 0 Å². The van der Waals surface area contributed by atoms with Crippen molar-refractivity contribution >= 4 is 0 Å². The maximum atomic E-state index is 11.9. The van der Waals surface area contributed by atoms with E-state index in [1.165, 1.54) is 18.2 Å². The zero-order valence-corrected chi connectivity index (χ0v) is 8.49. The SMILES string of the molecule is CC(CO)Oc1cccc(OC(F)(F)F)c1. The number of hydrogen-bond donors (Lipinski definition) is 1. The lowest BCUT2D eigenvalue weighted by atomic mass is 10.3. The summed E-state index contributed by atoms with van der Waals surface area (Å²) < 4.78 is 44.5. The van der Waals surface area contributed by atoms with Crippen LogP contribution in [0.25, 0.3) is 0 Å². The summed E-state index contributed by atoms with van der Waals surface area (Å²) in [7, 11) is 0. The molecule has 6 heteroatoms. The van der Waals surface area contributed by atoms with E-state index in [-0.39, 0.29) is 18.1 Å². The van der Waals surface area contributed by atoms with Crippen LogP contribution < -0.4 is 9.47 Å². The third-order valence-electron chi connectivity index (χ3n) is 1.63. The molecule has 1 aromatic rings. The first kappa shape index (κ1) is 12.6. The number of halogens is 3. The third kappa shape index (κ3) is 4.39. The number of benzene rings is 1. The monoisotopic (exact) mass is 236 g/mol. The van der Waals surface area contributed by atoms with E-state index in [9.17, 15) is 13.2 Å². The zero-order chi connectivity index (χ0) is 12.2. The van der Waals surface area contributed by atoms with Crippen molar-refractivity contribution in [3.63, 3.8) is 0 Å². The summed E-state index contributed by atoms with van der Waals surface area (Å²) in [4.78, 5) is 0. The first-order chi connectivity index (χ1) is 7.40. The van der Waals surface area contributed by atoms with Crippen LogP contribution in [0.3, 0.4) is 0 Å². The highest BCUT2D eigenvalue weighted by atomic mass is 19.4. The predicted molar refractivity (Wildman–Crippen MR) is 50.3 cm³/mol. The van der Waals surface area contributed by atoms with Crippen molar-refractivity contribution < 1.29 is 27.8 Å². The number of rotatable bonds is 4. The van der Waals surface area contributed by atoms with Crippen LogP contribution in [0.5, 0.6) is 11.5 Å². The largest absolute Gasteiger partial charge is 0.573 e. The highest BCUT2D eigenvalue weighted by molar-refractivity contribution is 5.33. The van der Waals surface area contributed by atoms with Crippen molar-refractivity contribution in [2.45, 2.75) is 19.4 Å². The molecule has 0 amide bonds. The van der Waals surface area contributed by atoms with Gasteiger partial charge in [0.15, 0.2) is 0 Å². The molecule has 1 rings (SSSR count). The smallest absolute Gasteiger partial charge is 0.488 e. The number of alkyl halides is 3. The Labute approximate surface area is 90.4 Å². The van der Waals surface area contributed by atoms with E-state index in [0.717, 1.165) is 6.07 Å². The molecular formula is C10H11F3O3. The molecule has 90 valence electrons. The summed E-state index contributed by atoms with van der Waals surface area (Å²) in [6.45, 7) is 1.38. The van der Waals surface area contributed by atoms with Crippen molar-refractivity contribution in [2.24, 2.45) is 0 Å². The molecule has 0 aliphatic carbocycles. The minimum absolute atomic E-state index is 0.211. The second kappa shape index (κ2) is 5.07. The molecule has 3 nitrogen and oxygen atoms in total. The van der Waals surface area contributed by atoms with Crippen LogP contribution in [0.1, 0.15) is 6.92 Å². The van der Waals surface area contributed by atoms with E-state index in [2.05, 4.69) is 4.74 Å². The average molecular weight is 236 g/mol. The Hall–Kier alpha value is -1.43. The van der Waals surface area contributed by atoms with Gasteiger partial charge in [0, 0.05) is 6.07 Å². The molecule has 0 bridgehead atoms. The molecule has 0 aliphatic heterocycles. The van der Waals surface area contributed by atoms with Crippen molar-refractivity contribution in [1.82, 2.24) is 0 Å². The first-order valence-electron chi connectivity index (χ1n) is 4.54. The minimum atomic E-state index is -4.72. The van der Waals surface area contributed by atoms with Gasteiger partial charge in [-0.1, -0.05) is 6.07 Å². The van der Waals surface area contributed by atoms with Gasteiger partial charge in [-0.25, -0.2) is 0 Å². The Bertz CT molecular complexity index is 338. The molecule has 1 unspecified atom stereocenters. The fourth-order valence-corrected chi connectivity index (χ4v) is 1.01. The first-order valence-corrected chi connectivity index (χ1v) is 4.54. The number of aliphatic hydroxyl groups excluding tert-OH is 1. The summed E-state index contributed by atoms with van der Waals surface area (Å²) in [6.07, 6.45) is -5.21. The number of ether oxygens (including phenoxy) is 2. The predicted octanol–water partition coefficient (Wildman–Crippen LogP) is 2.34. The van der Waals surface area contributed by atoms with Crippen LogP contribution in [0.2, 0.25) is 0 Å². The molecule has 0 spiro atoms. The van der Waals surface area contributed by atoms with Crippen LogP contribution in [0.15, 0.2) is 24.3 Å². The Balaban J connectivity index is 2.71. The second-order valence-electron chi connectivity index (χ2n) is 3.13. The fraction of sp³-hybridized carbons (Fsp3) is 0.400. The third-order valence-corrected chi connectivity index (χ3v) is 1.63. The lowest BCUT2D eigenvalue weighted by molar-refractivity contribution is -0.274. The van der Waals surface area contributed by atoms with E-state index < -0.39 is 12.5 Å². The zero-order valence-electron chi connectivity index (χ0n) is 8.49. The molecule has 0 radical (unpaired) electrons. The van der Waals surface area contributed by atoms with Gasteiger partial charge in [0.2, 0.25) is 0 Å². The molecule has 0 fully saturated rings. The molecule has 1 aromatic carbocycles. The summed E-state index contributed by atoms with van der Waals surface area (Å²) in [6, 6.07) is 5.14. The number of aliphatic hydroxyl groups is 1. The molecule has 1 N–H and O–H groups in total. The Morgan fingerprint density at radius 3 is 2.50 bits per heavy atom. The van der Waals surface area contributed by atoms with Gasteiger partial charge in [0.05, 0.1) is 6.61 Å². The molecule has 0 aliphatic rings. The Morgan fingerprint density at radius 2 is 1.94 bits per heavy atom. The molecule has 1 atom stereocenters. The van der Waals surface area contributed by atoms with Gasteiger partial charge in [-0.15, -0.1) is 13.2 Å². The fourth-order valence-electron chi connectivity index (χ4n) is 1.01. The Kier molecular flexibility index (Phi) is 4.00. The molecule has 0 aromatic heterocycles. The van der Waals surface area contributed by atoms with Crippen molar-refractivity contribution in [3.05, 3.63) is 24.3 Å². The van der Waals surface area contributed by atoms with Crippen LogP contribution in [0, 0.1) is 0 Å².